The molecular weight excluding hydrogens is 230 g/mol. The molecule has 0 saturated carbocycles. The van der Waals surface area contributed by atoms with Crippen LogP contribution in [0.3, 0.4) is 0 Å². The number of halogens is 1. The van der Waals surface area contributed by atoms with Crippen molar-refractivity contribution in [2.45, 2.75) is 6.92 Å². The normalized spacial score (nSPS) is 10.4. The molecule has 0 saturated heterocycles. The molecule has 0 aliphatic rings. The van der Waals surface area contributed by atoms with Gasteiger partial charge in [0, 0.05) is 23.0 Å². The Labute approximate surface area is 96.2 Å². The minimum absolute atomic E-state index is 0.0538. The number of aromatic amines is 1. The summed E-state index contributed by atoms with van der Waals surface area (Å²) in [4.78, 5) is 17.4. The van der Waals surface area contributed by atoms with Gasteiger partial charge in [0.05, 0.1) is 10.5 Å². The largest absolute Gasteiger partial charge is 0.342 e. The minimum atomic E-state index is -0.473. The Morgan fingerprint density at radius 2 is 2.25 bits per heavy atom. The Balaban J connectivity index is 2.60. The zero-order valence-corrected chi connectivity index (χ0v) is 9.15. The van der Waals surface area contributed by atoms with Crippen molar-refractivity contribution in [3.8, 4) is 11.4 Å². The summed E-state index contributed by atoms with van der Waals surface area (Å²) >= 11 is 5.72. The van der Waals surface area contributed by atoms with Crippen molar-refractivity contribution in [2.75, 3.05) is 0 Å². The summed E-state index contributed by atoms with van der Waals surface area (Å²) in [6.07, 6.45) is 1.62. The van der Waals surface area contributed by atoms with Crippen LogP contribution < -0.4 is 0 Å². The molecule has 0 bridgehead atoms. The van der Waals surface area contributed by atoms with Crippen molar-refractivity contribution in [1.82, 2.24) is 9.97 Å². The van der Waals surface area contributed by atoms with E-state index in [1.165, 1.54) is 6.07 Å². The van der Waals surface area contributed by atoms with Gasteiger partial charge in [0.15, 0.2) is 0 Å². The van der Waals surface area contributed by atoms with E-state index in [-0.39, 0.29) is 5.69 Å². The first-order valence-corrected chi connectivity index (χ1v) is 4.91. The summed E-state index contributed by atoms with van der Waals surface area (Å²) in [5.74, 6) is 0.473. The Hall–Kier alpha value is -1.88. The molecule has 0 radical (unpaired) electrons. The highest BCUT2D eigenvalue weighted by atomic mass is 35.5. The topological polar surface area (TPSA) is 71.8 Å². The molecule has 0 aliphatic carbocycles. The van der Waals surface area contributed by atoms with Gasteiger partial charge in [0.1, 0.15) is 5.82 Å². The first-order valence-electron chi connectivity index (χ1n) is 4.54. The Bertz CT molecular complexity index is 551. The highest BCUT2D eigenvalue weighted by molar-refractivity contribution is 6.30. The number of hydrogen-bond donors (Lipinski definition) is 1. The molecular formula is C10H8ClN3O2. The van der Waals surface area contributed by atoms with Crippen LogP contribution in [0.25, 0.3) is 11.4 Å². The average molecular weight is 238 g/mol. The summed E-state index contributed by atoms with van der Waals surface area (Å²) < 4.78 is 0. The second-order valence-corrected chi connectivity index (χ2v) is 3.77. The number of nitrogens with one attached hydrogen (secondary N) is 1. The van der Waals surface area contributed by atoms with E-state index >= 15 is 0 Å². The number of H-pyrrole nitrogens is 1. The van der Waals surface area contributed by atoms with E-state index in [0.717, 1.165) is 5.69 Å². The molecule has 5 nitrogen and oxygen atoms in total. The van der Waals surface area contributed by atoms with Crippen molar-refractivity contribution < 1.29 is 4.92 Å². The molecule has 0 unspecified atom stereocenters. The lowest BCUT2D eigenvalue weighted by atomic mass is 10.1. The minimum Gasteiger partial charge on any atom is -0.342 e. The van der Waals surface area contributed by atoms with Gasteiger partial charge in [-0.05, 0) is 19.1 Å². The second-order valence-electron chi connectivity index (χ2n) is 3.33. The third-order valence-electron chi connectivity index (χ3n) is 2.11. The maximum atomic E-state index is 10.9. The fourth-order valence-electron chi connectivity index (χ4n) is 1.41. The number of nitro benzene ring substituents is 1. The van der Waals surface area contributed by atoms with Crippen molar-refractivity contribution in [2.24, 2.45) is 0 Å². The lowest BCUT2D eigenvalue weighted by Gasteiger charge is -1.99. The standard InChI is InChI=1S/C10H8ClN3O2/c1-6-5-12-10(13-6)8-3-2-7(11)4-9(8)14(15)16/h2-5H,1H3,(H,12,13). The molecule has 0 amide bonds. The van der Waals surface area contributed by atoms with Crippen LogP contribution in [0.4, 0.5) is 5.69 Å². The van der Waals surface area contributed by atoms with Crippen molar-refractivity contribution in [1.29, 1.82) is 0 Å². The number of imidazole rings is 1. The van der Waals surface area contributed by atoms with Gasteiger partial charge in [-0.25, -0.2) is 4.98 Å². The van der Waals surface area contributed by atoms with Crippen LogP contribution in [0.15, 0.2) is 24.4 Å². The fourth-order valence-corrected chi connectivity index (χ4v) is 1.57. The molecule has 1 aromatic carbocycles. The van der Waals surface area contributed by atoms with Crippen LogP contribution >= 0.6 is 11.6 Å². The maximum absolute atomic E-state index is 10.9. The lowest BCUT2D eigenvalue weighted by molar-refractivity contribution is -0.384. The average Bonchev–Trinajstić information content (AvgIpc) is 2.64. The number of aryl methyl sites for hydroxylation is 1. The number of nitro groups is 1. The molecule has 0 atom stereocenters. The molecule has 1 N–H and O–H groups in total. The molecule has 1 aromatic heterocycles. The van der Waals surface area contributed by atoms with Crippen molar-refractivity contribution in [3.63, 3.8) is 0 Å². The predicted octanol–water partition coefficient (Wildman–Crippen LogP) is 2.95. The predicted molar refractivity (Wildman–Crippen MR) is 60.4 cm³/mol. The SMILES string of the molecule is Cc1cnc(-c2ccc(Cl)cc2[N+](=O)[O-])[nH]1. The number of aromatic nitrogens is 2. The van der Waals surface area contributed by atoms with Gasteiger partial charge in [-0.2, -0.15) is 0 Å². The van der Waals surface area contributed by atoms with Gasteiger partial charge in [0.2, 0.25) is 0 Å². The number of rotatable bonds is 2. The van der Waals surface area contributed by atoms with Crippen LogP contribution in [0.5, 0.6) is 0 Å². The zero-order chi connectivity index (χ0) is 11.7. The molecule has 0 aliphatic heterocycles. The maximum Gasteiger partial charge on any atom is 0.281 e. The number of benzene rings is 1. The molecule has 0 fully saturated rings. The van der Waals surface area contributed by atoms with Crippen molar-refractivity contribution >= 4 is 17.3 Å². The highest BCUT2D eigenvalue weighted by Gasteiger charge is 2.17. The van der Waals surface area contributed by atoms with Crippen LogP contribution in [0.1, 0.15) is 5.69 Å². The third-order valence-corrected chi connectivity index (χ3v) is 2.35. The van der Waals surface area contributed by atoms with Gasteiger partial charge >= 0.3 is 0 Å². The summed E-state index contributed by atoms with van der Waals surface area (Å²) in [7, 11) is 0. The zero-order valence-electron chi connectivity index (χ0n) is 8.40. The first-order chi connectivity index (χ1) is 7.58. The van der Waals surface area contributed by atoms with Crippen LogP contribution in [0.2, 0.25) is 5.02 Å². The van der Waals surface area contributed by atoms with Gasteiger partial charge in [-0.3, -0.25) is 10.1 Å². The summed E-state index contributed by atoms with van der Waals surface area (Å²) in [6.45, 7) is 1.83. The highest BCUT2D eigenvalue weighted by Crippen LogP contribution is 2.30. The molecule has 0 spiro atoms. The lowest BCUT2D eigenvalue weighted by Crippen LogP contribution is -1.93. The Morgan fingerprint density at radius 1 is 1.50 bits per heavy atom. The van der Waals surface area contributed by atoms with E-state index in [0.29, 0.717) is 16.4 Å². The van der Waals surface area contributed by atoms with Gasteiger partial charge < -0.3 is 4.98 Å². The summed E-state index contributed by atoms with van der Waals surface area (Å²) in [6, 6.07) is 4.50. The Morgan fingerprint density at radius 3 is 2.81 bits per heavy atom. The van der Waals surface area contributed by atoms with E-state index in [9.17, 15) is 10.1 Å². The molecule has 2 aromatic rings. The van der Waals surface area contributed by atoms with Crippen LogP contribution in [0, 0.1) is 17.0 Å². The van der Waals surface area contributed by atoms with Gasteiger partial charge in [-0.15, -0.1) is 0 Å². The van der Waals surface area contributed by atoms with E-state index in [1.807, 2.05) is 6.92 Å². The third kappa shape index (κ3) is 1.90. The molecule has 16 heavy (non-hydrogen) atoms. The van der Waals surface area contributed by atoms with Gasteiger partial charge in [0.25, 0.3) is 5.69 Å². The number of nitrogens with zero attached hydrogens (tertiary/aromatic N) is 2. The fraction of sp³-hybridized carbons (Fsp3) is 0.100. The molecule has 2 rings (SSSR count). The quantitative estimate of drug-likeness (QED) is 0.645. The second kappa shape index (κ2) is 3.94. The van der Waals surface area contributed by atoms with Crippen LogP contribution in [-0.2, 0) is 0 Å². The van der Waals surface area contributed by atoms with E-state index < -0.39 is 4.92 Å². The number of hydrogen-bond acceptors (Lipinski definition) is 3. The molecule has 82 valence electrons. The molecule has 1 heterocycles. The first kappa shape index (κ1) is 10.6. The Kier molecular flexibility index (Phi) is 2.62. The van der Waals surface area contributed by atoms with E-state index in [1.54, 1.807) is 18.3 Å². The van der Waals surface area contributed by atoms with Crippen LogP contribution in [-0.4, -0.2) is 14.9 Å². The van der Waals surface area contributed by atoms with Crippen molar-refractivity contribution in [3.05, 3.63) is 45.2 Å². The summed E-state index contributed by atoms with van der Waals surface area (Å²) in [5, 5.41) is 11.2. The van der Waals surface area contributed by atoms with E-state index in [2.05, 4.69) is 9.97 Å². The van der Waals surface area contributed by atoms with Gasteiger partial charge in [-0.1, -0.05) is 11.6 Å². The monoisotopic (exact) mass is 237 g/mol. The molecule has 6 heteroatoms. The van der Waals surface area contributed by atoms with E-state index in [4.69, 9.17) is 11.6 Å². The smallest absolute Gasteiger partial charge is 0.281 e. The summed E-state index contributed by atoms with van der Waals surface area (Å²) in [5.41, 5.74) is 1.23.